The largest absolute Gasteiger partial charge is 0.492 e. The SMILES string of the molecule is C#CCOc1ccc(-c2ccc(OS(=O)(F)=NCCCOc3cc(=O)oc4ccccc34)cc2)cc1. The Morgan fingerprint density at radius 1 is 0.944 bits per heavy atom. The van der Waals surface area contributed by atoms with E-state index in [1.54, 1.807) is 48.5 Å². The highest BCUT2D eigenvalue weighted by Gasteiger charge is 2.10. The molecule has 0 fully saturated rings. The van der Waals surface area contributed by atoms with Gasteiger partial charge >= 0.3 is 16.0 Å². The minimum absolute atomic E-state index is 0.0858. The van der Waals surface area contributed by atoms with E-state index in [4.69, 9.17) is 24.5 Å². The predicted molar refractivity (Wildman–Crippen MR) is 136 cm³/mol. The van der Waals surface area contributed by atoms with Crippen LogP contribution in [-0.4, -0.2) is 24.0 Å². The lowest BCUT2D eigenvalue weighted by molar-refractivity contribution is 0.314. The molecule has 0 saturated carbocycles. The van der Waals surface area contributed by atoms with Crippen molar-refractivity contribution in [1.82, 2.24) is 0 Å². The number of terminal acetylenes is 1. The van der Waals surface area contributed by atoms with Gasteiger partial charge in [0.25, 0.3) is 0 Å². The number of ether oxygens (including phenoxy) is 2. The molecule has 0 aliphatic carbocycles. The molecule has 0 amide bonds. The molecule has 184 valence electrons. The van der Waals surface area contributed by atoms with Crippen LogP contribution < -0.4 is 19.3 Å². The highest BCUT2D eigenvalue weighted by Crippen LogP contribution is 2.26. The van der Waals surface area contributed by atoms with Crippen molar-refractivity contribution in [3.63, 3.8) is 0 Å². The van der Waals surface area contributed by atoms with E-state index in [9.17, 15) is 12.9 Å². The Kier molecular flexibility index (Phi) is 7.88. The van der Waals surface area contributed by atoms with Crippen LogP contribution in [0.4, 0.5) is 3.89 Å². The number of halogens is 1. The minimum Gasteiger partial charge on any atom is -0.492 e. The highest BCUT2D eigenvalue weighted by molar-refractivity contribution is 7.84. The third-order valence-corrected chi connectivity index (χ3v) is 5.87. The molecule has 0 aliphatic heterocycles. The number of rotatable bonds is 10. The average molecular weight is 508 g/mol. The van der Waals surface area contributed by atoms with Gasteiger partial charge in [0.2, 0.25) is 0 Å². The second-order valence-electron chi connectivity index (χ2n) is 7.52. The average Bonchev–Trinajstić information content (AvgIpc) is 2.87. The van der Waals surface area contributed by atoms with Crippen molar-refractivity contribution in [2.24, 2.45) is 4.36 Å². The second-order valence-corrected chi connectivity index (χ2v) is 8.77. The molecule has 1 unspecified atom stereocenters. The normalized spacial score (nSPS) is 12.3. The first-order chi connectivity index (χ1) is 17.4. The second kappa shape index (κ2) is 11.4. The van der Waals surface area contributed by atoms with E-state index in [2.05, 4.69) is 10.3 Å². The topological polar surface area (TPSA) is 87.3 Å². The van der Waals surface area contributed by atoms with E-state index >= 15 is 0 Å². The van der Waals surface area contributed by atoms with Crippen LogP contribution >= 0.6 is 0 Å². The Hall–Kier alpha value is -4.29. The van der Waals surface area contributed by atoms with Crippen LogP contribution in [-0.2, 0) is 10.4 Å². The van der Waals surface area contributed by atoms with Gasteiger partial charge in [-0.15, -0.1) is 6.42 Å². The van der Waals surface area contributed by atoms with Crippen molar-refractivity contribution in [3.05, 3.63) is 89.3 Å². The Bertz CT molecular complexity index is 1550. The van der Waals surface area contributed by atoms with Gasteiger partial charge in [-0.2, -0.15) is 8.57 Å². The highest BCUT2D eigenvalue weighted by atomic mass is 32.3. The summed E-state index contributed by atoms with van der Waals surface area (Å²) in [6, 6.07) is 22.0. The van der Waals surface area contributed by atoms with Crippen LogP contribution in [0.2, 0.25) is 0 Å². The lowest BCUT2D eigenvalue weighted by Gasteiger charge is -2.08. The molecule has 0 saturated heterocycles. The standard InChI is InChI=1S/C27H22FNO6S/c1-2-17-32-22-12-8-20(9-13-22)21-10-14-23(15-11-21)35-36(28,31)29-16-5-18-33-26-19-27(30)34-25-7-4-3-6-24(25)26/h1,3-4,6-15,19H,5,16-18H2. The molecule has 1 heterocycles. The summed E-state index contributed by atoms with van der Waals surface area (Å²) in [5, 5.41) is 0.642. The molecule has 0 spiro atoms. The van der Waals surface area contributed by atoms with Crippen molar-refractivity contribution in [3.8, 4) is 40.7 Å². The molecule has 0 aliphatic rings. The molecular weight excluding hydrogens is 485 g/mol. The first-order valence-corrected chi connectivity index (χ1v) is 12.3. The maximum Gasteiger partial charge on any atom is 0.377 e. The maximum absolute atomic E-state index is 14.4. The zero-order valence-electron chi connectivity index (χ0n) is 19.1. The quantitative estimate of drug-likeness (QED) is 0.120. The fourth-order valence-electron chi connectivity index (χ4n) is 3.34. The van der Waals surface area contributed by atoms with E-state index < -0.39 is 16.0 Å². The monoisotopic (exact) mass is 507 g/mol. The Morgan fingerprint density at radius 2 is 1.61 bits per heavy atom. The first-order valence-electron chi connectivity index (χ1n) is 11.0. The molecule has 9 heteroatoms. The van der Waals surface area contributed by atoms with E-state index in [0.29, 0.717) is 22.5 Å². The molecule has 4 aromatic rings. The molecular formula is C27H22FNO6S. The molecule has 36 heavy (non-hydrogen) atoms. The Morgan fingerprint density at radius 3 is 2.31 bits per heavy atom. The summed E-state index contributed by atoms with van der Waals surface area (Å²) in [6.45, 7) is 0.226. The number of hydrogen-bond donors (Lipinski definition) is 0. The van der Waals surface area contributed by atoms with Crippen molar-refractivity contribution in [1.29, 1.82) is 0 Å². The van der Waals surface area contributed by atoms with Gasteiger partial charge in [-0.1, -0.05) is 46.2 Å². The van der Waals surface area contributed by atoms with Gasteiger partial charge in [0.1, 0.15) is 29.4 Å². The maximum atomic E-state index is 14.4. The summed E-state index contributed by atoms with van der Waals surface area (Å²) in [7, 11) is -4.39. The number of para-hydroxylation sites is 1. The first kappa shape index (κ1) is 24.8. The van der Waals surface area contributed by atoms with E-state index in [1.165, 1.54) is 18.2 Å². The predicted octanol–water partition coefficient (Wildman–Crippen LogP) is 5.59. The van der Waals surface area contributed by atoms with Crippen molar-refractivity contribution in [2.75, 3.05) is 19.8 Å². The van der Waals surface area contributed by atoms with Crippen molar-refractivity contribution < 1.29 is 26.2 Å². The van der Waals surface area contributed by atoms with Gasteiger partial charge in [-0.3, -0.25) is 0 Å². The van der Waals surface area contributed by atoms with Gasteiger partial charge in [0, 0.05) is 6.42 Å². The van der Waals surface area contributed by atoms with Crippen molar-refractivity contribution in [2.45, 2.75) is 6.42 Å². The van der Waals surface area contributed by atoms with Gasteiger partial charge in [-0.25, -0.2) is 4.79 Å². The van der Waals surface area contributed by atoms with Gasteiger partial charge in [-0.05, 0) is 47.5 Å². The van der Waals surface area contributed by atoms with E-state index in [1.807, 2.05) is 12.1 Å². The Balaban J connectivity index is 1.30. The summed E-state index contributed by atoms with van der Waals surface area (Å²) < 4.78 is 51.0. The fraction of sp³-hybridized carbons (Fsp3) is 0.148. The van der Waals surface area contributed by atoms with Crippen LogP contribution in [0.25, 0.3) is 22.1 Å². The lowest BCUT2D eigenvalue weighted by atomic mass is 10.1. The molecule has 0 bridgehead atoms. The molecule has 7 nitrogen and oxygen atoms in total. The zero-order valence-corrected chi connectivity index (χ0v) is 19.9. The molecule has 1 aromatic heterocycles. The van der Waals surface area contributed by atoms with E-state index in [-0.39, 0.29) is 31.9 Å². The van der Waals surface area contributed by atoms with Gasteiger partial charge < -0.3 is 18.1 Å². The van der Waals surface area contributed by atoms with Crippen LogP contribution in [0.3, 0.4) is 0 Å². The summed E-state index contributed by atoms with van der Waals surface area (Å²) in [5.74, 6) is 3.50. The molecule has 3 aromatic carbocycles. The van der Waals surface area contributed by atoms with Crippen LogP contribution in [0.1, 0.15) is 6.42 Å². The van der Waals surface area contributed by atoms with Crippen LogP contribution in [0.5, 0.6) is 17.2 Å². The summed E-state index contributed by atoms with van der Waals surface area (Å²) in [6.07, 6.45) is 5.44. The summed E-state index contributed by atoms with van der Waals surface area (Å²) in [5.41, 5.74) is 1.63. The number of fused-ring (bicyclic) bond motifs is 1. The zero-order chi connectivity index (χ0) is 25.4. The van der Waals surface area contributed by atoms with Crippen LogP contribution in [0, 0.1) is 12.3 Å². The minimum atomic E-state index is -4.39. The van der Waals surface area contributed by atoms with Crippen molar-refractivity contribution >= 4 is 21.4 Å². The molecule has 0 radical (unpaired) electrons. The number of benzene rings is 3. The third kappa shape index (κ3) is 6.64. The molecule has 0 N–H and O–H groups in total. The summed E-state index contributed by atoms with van der Waals surface area (Å²) >= 11 is 0. The van der Waals surface area contributed by atoms with Gasteiger partial charge in [0.05, 0.1) is 24.6 Å². The van der Waals surface area contributed by atoms with E-state index in [0.717, 1.165) is 11.1 Å². The smallest absolute Gasteiger partial charge is 0.377 e. The number of nitrogens with zero attached hydrogens (tertiary/aromatic N) is 1. The fourth-order valence-corrected chi connectivity index (χ4v) is 4.09. The van der Waals surface area contributed by atoms with Crippen LogP contribution in [0.15, 0.2) is 92.4 Å². The Labute approximate surface area is 208 Å². The van der Waals surface area contributed by atoms with Gasteiger partial charge in [0.15, 0.2) is 0 Å². The molecule has 4 rings (SSSR count). The third-order valence-electron chi connectivity index (χ3n) is 4.98. The lowest BCUT2D eigenvalue weighted by Crippen LogP contribution is -2.06. The molecule has 1 atom stereocenters. The number of hydrogen-bond acceptors (Lipinski definition) is 7. The summed E-state index contributed by atoms with van der Waals surface area (Å²) in [4.78, 5) is 11.7.